The zero-order valence-electron chi connectivity index (χ0n) is 16.8. The maximum absolute atomic E-state index is 13.9. The van der Waals surface area contributed by atoms with Gasteiger partial charge in [-0.2, -0.15) is 17.0 Å². The van der Waals surface area contributed by atoms with Crippen molar-refractivity contribution in [3.63, 3.8) is 0 Å². The van der Waals surface area contributed by atoms with Gasteiger partial charge in [-0.25, -0.2) is 4.39 Å². The zero-order chi connectivity index (χ0) is 21.9. The predicted molar refractivity (Wildman–Crippen MR) is 111 cm³/mol. The lowest BCUT2D eigenvalue weighted by Gasteiger charge is -2.31. The number of nitrogens with zero attached hydrogens (tertiary/aromatic N) is 4. The highest BCUT2D eigenvalue weighted by Crippen LogP contribution is 2.47. The first kappa shape index (κ1) is 22.1. The molecule has 2 aliphatic heterocycles. The van der Waals surface area contributed by atoms with Crippen LogP contribution in [0.4, 0.5) is 10.1 Å². The van der Waals surface area contributed by atoms with E-state index in [1.807, 2.05) is 18.2 Å². The van der Waals surface area contributed by atoms with Gasteiger partial charge in [-0.05, 0) is 35.7 Å². The Balaban J connectivity index is 0.000000806. The Morgan fingerprint density at radius 2 is 1.83 bits per heavy atom. The molecule has 3 heterocycles. The molecule has 1 aromatic heterocycles. The van der Waals surface area contributed by atoms with E-state index in [9.17, 15) is 12.8 Å². The second kappa shape index (κ2) is 9.07. The summed E-state index contributed by atoms with van der Waals surface area (Å²) < 4.78 is 42.5. The summed E-state index contributed by atoms with van der Waals surface area (Å²) in [5.41, 5.74) is 1.80. The van der Waals surface area contributed by atoms with Crippen molar-refractivity contribution in [2.45, 2.75) is 6.04 Å². The Morgan fingerprint density at radius 3 is 2.43 bits per heavy atom. The van der Waals surface area contributed by atoms with Gasteiger partial charge in [0.2, 0.25) is 0 Å². The quantitative estimate of drug-likeness (QED) is 0.735. The molecule has 8 nitrogen and oxygen atoms in total. The molecular formula is C20H25FN4O4S. The summed E-state index contributed by atoms with van der Waals surface area (Å²) in [7, 11) is -0.521. The summed E-state index contributed by atoms with van der Waals surface area (Å²) in [5.74, 6) is -0.0435. The zero-order valence-corrected chi connectivity index (χ0v) is 17.6. The number of fused-ring (bicyclic) bond motifs is 1. The average molecular weight is 437 g/mol. The van der Waals surface area contributed by atoms with Gasteiger partial charge in [0.1, 0.15) is 5.82 Å². The Morgan fingerprint density at radius 1 is 1.17 bits per heavy atom. The molecule has 0 radical (unpaired) electrons. The molecule has 4 rings (SSSR count). The highest BCUT2D eigenvalue weighted by molar-refractivity contribution is 7.86. The number of benzene rings is 1. The fourth-order valence-corrected chi connectivity index (χ4v) is 5.69. The molecule has 30 heavy (non-hydrogen) atoms. The first-order valence-electron chi connectivity index (χ1n) is 9.47. The van der Waals surface area contributed by atoms with Gasteiger partial charge in [0.25, 0.3) is 16.7 Å². The van der Waals surface area contributed by atoms with Crippen LogP contribution in [0.2, 0.25) is 0 Å². The standard InChI is InChI=1S/C19H23FN4O2S.CH2O2/c1-22(2)27(25,26)24-12-15-11-23(17-6-8-21-9-7-17)13-18(15)19(24)14-4-3-5-16(20)10-14;2-1-3/h3-10,15,18-19H,11-13H2,1-2H3;1H,(H,2,3)/t15-,18-,19+;/m0./s1. The molecule has 2 aliphatic rings. The highest BCUT2D eigenvalue weighted by Gasteiger charge is 2.52. The highest BCUT2D eigenvalue weighted by atomic mass is 32.2. The van der Waals surface area contributed by atoms with Crippen molar-refractivity contribution >= 4 is 22.4 Å². The van der Waals surface area contributed by atoms with Crippen LogP contribution in [0.15, 0.2) is 48.8 Å². The Kier molecular flexibility index (Phi) is 6.69. The van der Waals surface area contributed by atoms with Crippen molar-refractivity contribution in [3.8, 4) is 0 Å². The van der Waals surface area contributed by atoms with Crippen molar-refractivity contribution in [1.82, 2.24) is 13.6 Å². The molecule has 10 heteroatoms. The van der Waals surface area contributed by atoms with Gasteiger partial charge < -0.3 is 10.0 Å². The first-order valence-corrected chi connectivity index (χ1v) is 10.9. The summed E-state index contributed by atoms with van der Waals surface area (Å²) in [6, 6.07) is 9.88. The smallest absolute Gasteiger partial charge is 0.290 e. The van der Waals surface area contributed by atoms with Crippen molar-refractivity contribution < 1.29 is 22.7 Å². The van der Waals surface area contributed by atoms with Crippen LogP contribution in [-0.2, 0) is 15.0 Å². The minimum Gasteiger partial charge on any atom is -0.483 e. The number of anilines is 1. The molecule has 3 atom stereocenters. The number of carboxylic acid groups (broad SMARTS) is 1. The second-order valence-electron chi connectivity index (χ2n) is 7.50. The molecule has 162 valence electrons. The Labute approximate surface area is 175 Å². The molecule has 0 unspecified atom stereocenters. The van der Waals surface area contributed by atoms with Crippen LogP contribution in [0.3, 0.4) is 0 Å². The number of hydrogen-bond acceptors (Lipinski definition) is 5. The van der Waals surface area contributed by atoms with E-state index in [1.165, 1.54) is 30.5 Å². The largest absolute Gasteiger partial charge is 0.483 e. The number of halogens is 1. The summed E-state index contributed by atoms with van der Waals surface area (Å²) in [4.78, 5) is 14.7. The van der Waals surface area contributed by atoms with Crippen LogP contribution in [-0.4, -0.2) is 67.3 Å². The maximum atomic E-state index is 13.9. The number of pyridine rings is 1. The minimum atomic E-state index is -3.60. The monoisotopic (exact) mass is 436 g/mol. The van der Waals surface area contributed by atoms with Gasteiger partial charge in [-0.15, -0.1) is 0 Å². The van der Waals surface area contributed by atoms with E-state index in [0.29, 0.717) is 12.1 Å². The van der Waals surface area contributed by atoms with E-state index in [-0.39, 0.29) is 30.2 Å². The van der Waals surface area contributed by atoms with Crippen molar-refractivity contribution in [1.29, 1.82) is 0 Å². The molecule has 1 N–H and O–H groups in total. The number of hydrogen-bond donors (Lipinski definition) is 1. The van der Waals surface area contributed by atoms with Gasteiger partial charge in [-0.3, -0.25) is 9.78 Å². The topological polar surface area (TPSA) is 94.1 Å². The van der Waals surface area contributed by atoms with Gasteiger partial charge in [-0.1, -0.05) is 12.1 Å². The molecule has 2 fully saturated rings. The predicted octanol–water partition coefficient (Wildman–Crippen LogP) is 1.84. The van der Waals surface area contributed by atoms with Gasteiger partial charge in [0, 0.05) is 57.7 Å². The van der Waals surface area contributed by atoms with Gasteiger partial charge in [0.15, 0.2) is 0 Å². The Hall–Kier alpha value is -2.56. The SMILES string of the molecule is CN(C)S(=O)(=O)N1C[C@@H]2CN(c3ccncc3)C[C@@H]2[C@H]1c1cccc(F)c1.O=CO. The normalized spacial score (nSPS) is 23.7. The average Bonchev–Trinajstić information content (AvgIpc) is 3.27. The number of aromatic nitrogens is 1. The van der Waals surface area contributed by atoms with Crippen LogP contribution in [0.1, 0.15) is 11.6 Å². The Bertz CT molecular complexity index is 974. The molecule has 0 spiro atoms. The van der Waals surface area contributed by atoms with E-state index >= 15 is 0 Å². The number of carbonyl (C=O) groups is 1. The fraction of sp³-hybridized carbons (Fsp3) is 0.400. The third kappa shape index (κ3) is 4.30. The molecule has 0 saturated carbocycles. The molecular weight excluding hydrogens is 411 g/mol. The summed E-state index contributed by atoms with van der Waals surface area (Å²) in [6.07, 6.45) is 3.52. The van der Waals surface area contributed by atoms with E-state index in [1.54, 1.807) is 22.8 Å². The summed E-state index contributed by atoms with van der Waals surface area (Å²) in [5, 5.41) is 6.89. The first-order chi connectivity index (χ1) is 14.3. The maximum Gasteiger partial charge on any atom is 0.290 e. The number of rotatable bonds is 4. The minimum absolute atomic E-state index is 0.106. The van der Waals surface area contributed by atoms with E-state index in [4.69, 9.17) is 9.90 Å². The third-order valence-electron chi connectivity index (χ3n) is 5.60. The summed E-state index contributed by atoms with van der Waals surface area (Å²) >= 11 is 0. The molecule has 1 aromatic carbocycles. The lowest BCUT2D eigenvalue weighted by Crippen LogP contribution is -2.42. The van der Waals surface area contributed by atoms with Crippen LogP contribution < -0.4 is 4.90 Å². The van der Waals surface area contributed by atoms with E-state index in [0.717, 1.165) is 18.8 Å². The molecule has 0 aliphatic carbocycles. The second-order valence-corrected chi connectivity index (χ2v) is 9.59. The molecule has 0 bridgehead atoms. The van der Waals surface area contributed by atoms with Gasteiger partial charge >= 0.3 is 0 Å². The van der Waals surface area contributed by atoms with Gasteiger partial charge in [0.05, 0.1) is 6.04 Å². The van der Waals surface area contributed by atoms with Crippen LogP contribution in [0.25, 0.3) is 0 Å². The van der Waals surface area contributed by atoms with Crippen molar-refractivity contribution in [2.24, 2.45) is 11.8 Å². The van der Waals surface area contributed by atoms with Crippen LogP contribution >= 0.6 is 0 Å². The summed E-state index contributed by atoms with van der Waals surface area (Å²) in [6.45, 7) is 1.70. The van der Waals surface area contributed by atoms with Crippen molar-refractivity contribution in [3.05, 3.63) is 60.2 Å². The van der Waals surface area contributed by atoms with E-state index < -0.39 is 10.2 Å². The fourth-order valence-electron chi connectivity index (χ4n) is 4.32. The lowest BCUT2D eigenvalue weighted by molar-refractivity contribution is -0.122. The van der Waals surface area contributed by atoms with E-state index in [2.05, 4.69) is 9.88 Å². The molecule has 2 saturated heterocycles. The van der Waals surface area contributed by atoms with Crippen LogP contribution in [0.5, 0.6) is 0 Å². The third-order valence-corrected chi connectivity index (χ3v) is 7.49. The molecule has 2 aromatic rings. The van der Waals surface area contributed by atoms with Crippen molar-refractivity contribution in [2.75, 3.05) is 38.6 Å². The lowest BCUT2D eigenvalue weighted by atomic mass is 9.90. The van der Waals surface area contributed by atoms with Crippen LogP contribution in [0, 0.1) is 17.7 Å². The molecule has 0 amide bonds.